The molecule has 212 valence electrons. The molecule has 1 aromatic heterocycles. The molecule has 0 radical (unpaired) electrons. The second-order valence-electron chi connectivity index (χ2n) is 10.9. The van der Waals surface area contributed by atoms with E-state index in [0.29, 0.717) is 21.7 Å². The fourth-order valence-corrected chi connectivity index (χ4v) is 7.79. The number of esters is 1. The average molecular weight is 621 g/mol. The number of Topliss-reactive ketones (excluding diaryl/α,β-unsaturated/α-hetero) is 1. The first-order valence-corrected chi connectivity index (χ1v) is 15.1. The van der Waals surface area contributed by atoms with Crippen molar-refractivity contribution in [2.24, 2.45) is 35.5 Å². The molecule has 2 bridgehead atoms. The molecular formula is C31H22Cl2N2O6S. The van der Waals surface area contributed by atoms with Crippen LogP contribution in [0.15, 0.2) is 72.1 Å². The van der Waals surface area contributed by atoms with Gasteiger partial charge >= 0.3 is 5.97 Å². The van der Waals surface area contributed by atoms with E-state index in [-0.39, 0.29) is 33.7 Å². The smallest absolute Gasteiger partial charge is 0.353 e. The van der Waals surface area contributed by atoms with Gasteiger partial charge in [-0.15, -0.1) is 11.3 Å². The van der Waals surface area contributed by atoms with Crippen LogP contribution in [-0.4, -0.2) is 46.0 Å². The molecule has 4 aliphatic carbocycles. The molecule has 2 heterocycles. The van der Waals surface area contributed by atoms with E-state index in [1.165, 1.54) is 53.8 Å². The topological polar surface area (TPSA) is 101 Å². The third-order valence-corrected chi connectivity index (χ3v) is 10.1. The fraction of sp³-hybridized carbons (Fsp3) is 0.258. The Kier molecular flexibility index (Phi) is 6.56. The van der Waals surface area contributed by atoms with Gasteiger partial charge in [-0.1, -0.05) is 41.4 Å². The van der Waals surface area contributed by atoms with Gasteiger partial charge in [0.15, 0.2) is 5.78 Å². The Hall–Kier alpha value is -3.79. The van der Waals surface area contributed by atoms with Gasteiger partial charge in [0.1, 0.15) is 17.2 Å². The number of nitrogens with zero attached hydrogens (tertiary/aromatic N) is 2. The molecule has 0 spiro atoms. The maximum absolute atomic E-state index is 13.9. The molecular weight excluding hydrogens is 599 g/mol. The van der Waals surface area contributed by atoms with Crippen LogP contribution in [0.2, 0.25) is 10.0 Å². The molecule has 1 aliphatic heterocycles. The lowest BCUT2D eigenvalue weighted by molar-refractivity contribution is -0.154. The molecule has 8 rings (SSSR count). The maximum Gasteiger partial charge on any atom is 0.353 e. The second kappa shape index (κ2) is 10.2. The first-order valence-electron chi connectivity index (χ1n) is 13.4. The van der Waals surface area contributed by atoms with Gasteiger partial charge in [-0.05, 0) is 84.0 Å². The van der Waals surface area contributed by atoms with Gasteiger partial charge in [-0.2, -0.15) is 5.01 Å². The summed E-state index contributed by atoms with van der Waals surface area (Å²) in [4.78, 5) is 67.8. The van der Waals surface area contributed by atoms with E-state index in [9.17, 15) is 24.0 Å². The molecule has 11 heteroatoms. The van der Waals surface area contributed by atoms with Crippen molar-refractivity contribution in [3.8, 4) is 5.75 Å². The zero-order valence-corrected chi connectivity index (χ0v) is 24.1. The van der Waals surface area contributed by atoms with Crippen LogP contribution < -0.4 is 4.74 Å². The Balaban J connectivity index is 1.17. The van der Waals surface area contributed by atoms with Crippen molar-refractivity contribution < 1.29 is 28.7 Å². The van der Waals surface area contributed by atoms with Crippen LogP contribution in [0.4, 0.5) is 0 Å². The second-order valence-corrected chi connectivity index (χ2v) is 12.7. The number of hydrogen-bond donors (Lipinski definition) is 0. The van der Waals surface area contributed by atoms with Crippen LogP contribution in [0.3, 0.4) is 0 Å². The minimum absolute atomic E-state index is 0.00381. The summed E-state index contributed by atoms with van der Waals surface area (Å²) in [5, 5.41) is 3.88. The van der Waals surface area contributed by atoms with Crippen molar-refractivity contribution in [2.75, 3.05) is 6.54 Å². The Morgan fingerprint density at radius 2 is 1.60 bits per heavy atom. The number of carbonyl (C=O) groups excluding carboxylic acids is 5. The quantitative estimate of drug-likeness (QED) is 0.113. The van der Waals surface area contributed by atoms with Crippen molar-refractivity contribution in [3.05, 3.63) is 98.2 Å². The van der Waals surface area contributed by atoms with E-state index in [1.807, 2.05) is 12.2 Å². The number of hydrazine groups is 1. The lowest BCUT2D eigenvalue weighted by Gasteiger charge is -2.37. The summed E-state index contributed by atoms with van der Waals surface area (Å²) in [7, 11) is 0. The Morgan fingerprint density at radius 3 is 2.19 bits per heavy atom. The van der Waals surface area contributed by atoms with Gasteiger partial charge in [-0.25, -0.2) is 9.80 Å². The van der Waals surface area contributed by atoms with E-state index in [2.05, 4.69) is 0 Å². The summed E-state index contributed by atoms with van der Waals surface area (Å²) in [6.07, 6.45) is 5.07. The normalized spacial score (nSPS) is 26.6. The number of benzene rings is 2. The number of rotatable bonds is 7. The van der Waals surface area contributed by atoms with E-state index < -0.39 is 47.9 Å². The van der Waals surface area contributed by atoms with Gasteiger partial charge in [0.25, 0.3) is 17.7 Å². The van der Waals surface area contributed by atoms with Gasteiger partial charge in [0, 0.05) is 10.6 Å². The van der Waals surface area contributed by atoms with Crippen molar-refractivity contribution in [3.63, 3.8) is 0 Å². The number of amides is 3. The molecule has 42 heavy (non-hydrogen) atoms. The molecule has 2 saturated carbocycles. The summed E-state index contributed by atoms with van der Waals surface area (Å²) in [6.45, 7) is -0.585. The molecule has 1 saturated heterocycles. The zero-order chi connectivity index (χ0) is 29.3. The Bertz CT molecular complexity index is 1650. The molecule has 2 aromatic carbocycles. The third kappa shape index (κ3) is 4.38. The average Bonchev–Trinajstić information content (AvgIpc) is 3.54. The lowest BCUT2D eigenvalue weighted by atomic mass is 9.63. The van der Waals surface area contributed by atoms with Crippen molar-refractivity contribution in [1.29, 1.82) is 0 Å². The van der Waals surface area contributed by atoms with Crippen molar-refractivity contribution in [1.82, 2.24) is 10.0 Å². The molecule has 3 amide bonds. The van der Waals surface area contributed by atoms with Gasteiger partial charge in [0.2, 0.25) is 0 Å². The number of imide groups is 1. The number of halogens is 2. The molecule has 6 atom stereocenters. The standard InChI is InChI=1S/C31H22Cl2N2O6S/c32-16-5-8-20(23(33)12-16)28(37)34(35-29(38)26-18-9-10-19(22-13-21(18)22)27(26)30(35)39)14-24(36)15-3-6-17(7-4-15)41-31(40)25-2-1-11-42-25/h1-12,18-19,21-22,26-27H,13-14H2/t18-,19-,21-,22-,26-,27+/m0/s1. The first kappa shape index (κ1) is 27.1. The third-order valence-electron chi connectivity index (χ3n) is 8.68. The molecule has 0 N–H and O–H groups in total. The molecule has 5 aliphatic rings. The van der Waals surface area contributed by atoms with Crippen LogP contribution in [0, 0.1) is 35.5 Å². The van der Waals surface area contributed by atoms with Crippen LogP contribution in [0.25, 0.3) is 0 Å². The fourth-order valence-electron chi connectivity index (χ4n) is 6.70. The molecule has 0 unspecified atom stereocenters. The highest BCUT2D eigenvalue weighted by atomic mass is 35.5. The number of thiophene rings is 1. The van der Waals surface area contributed by atoms with E-state index in [1.54, 1.807) is 17.5 Å². The summed E-state index contributed by atoms with van der Waals surface area (Å²) in [6, 6.07) is 13.5. The van der Waals surface area contributed by atoms with Gasteiger partial charge in [0.05, 0.1) is 22.4 Å². The van der Waals surface area contributed by atoms with Crippen molar-refractivity contribution in [2.45, 2.75) is 6.42 Å². The number of carbonyl (C=O) groups is 5. The SMILES string of the molecule is O=C(CN(C(=O)c1ccc(Cl)cc1Cl)N1C(=O)[C@@H]2[C@H]3C=C[C@@H]([C@@H]4C[C@@H]34)[C@@H]2C1=O)c1ccc(OC(=O)c2cccs2)cc1. The van der Waals surface area contributed by atoms with Gasteiger partial charge in [-0.3, -0.25) is 19.2 Å². The maximum atomic E-state index is 13.9. The predicted octanol–water partition coefficient (Wildman–Crippen LogP) is 5.57. The van der Waals surface area contributed by atoms with Crippen molar-refractivity contribution >= 4 is 64.0 Å². The Labute approximate surface area is 254 Å². The zero-order valence-electron chi connectivity index (χ0n) is 21.8. The minimum Gasteiger partial charge on any atom is -0.422 e. The van der Waals surface area contributed by atoms with Crippen LogP contribution >= 0.6 is 34.5 Å². The highest BCUT2D eigenvalue weighted by molar-refractivity contribution is 7.12. The van der Waals surface area contributed by atoms with Gasteiger partial charge < -0.3 is 4.74 Å². The minimum atomic E-state index is -0.766. The first-order chi connectivity index (χ1) is 20.2. The van der Waals surface area contributed by atoms with Crippen LogP contribution in [0.5, 0.6) is 5.75 Å². The monoisotopic (exact) mass is 620 g/mol. The van der Waals surface area contributed by atoms with E-state index in [0.717, 1.165) is 16.4 Å². The molecule has 8 nitrogen and oxygen atoms in total. The number of ether oxygens (including phenoxy) is 1. The lowest BCUT2D eigenvalue weighted by Crippen LogP contribution is -2.52. The Morgan fingerprint density at radius 1 is 0.929 bits per heavy atom. The summed E-state index contributed by atoms with van der Waals surface area (Å²) >= 11 is 13.6. The number of allylic oxidation sites excluding steroid dienone is 2. The highest BCUT2D eigenvalue weighted by Gasteiger charge is 2.68. The number of ketones is 1. The highest BCUT2D eigenvalue weighted by Crippen LogP contribution is 2.65. The molecule has 3 aromatic rings. The van der Waals surface area contributed by atoms with Crippen LogP contribution in [-0.2, 0) is 9.59 Å². The van der Waals surface area contributed by atoms with Crippen LogP contribution in [0.1, 0.15) is 36.8 Å². The largest absolute Gasteiger partial charge is 0.422 e. The summed E-state index contributed by atoms with van der Waals surface area (Å²) in [5.41, 5.74) is 0.203. The molecule has 3 fully saturated rings. The van der Waals surface area contributed by atoms with E-state index >= 15 is 0 Å². The number of hydrogen-bond acceptors (Lipinski definition) is 7. The van der Waals surface area contributed by atoms with E-state index in [4.69, 9.17) is 27.9 Å². The summed E-state index contributed by atoms with van der Waals surface area (Å²) in [5.74, 6) is -2.99. The summed E-state index contributed by atoms with van der Waals surface area (Å²) < 4.78 is 5.36. The predicted molar refractivity (Wildman–Crippen MR) is 154 cm³/mol.